The number of hydrazone groups is 1. The van der Waals surface area contributed by atoms with E-state index < -0.39 is 5.97 Å². The van der Waals surface area contributed by atoms with Gasteiger partial charge in [-0.25, -0.2) is 4.79 Å². The Morgan fingerprint density at radius 3 is 2.70 bits per heavy atom. The van der Waals surface area contributed by atoms with Crippen molar-refractivity contribution in [3.63, 3.8) is 0 Å². The van der Waals surface area contributed by atoms with Crippen LogP contribution in [0.25, 0.3) is 0 Å². The third-order valence-electron chi connectivity index (χ3n) is 3.14. The topological polar surface area (TPSA) is 73.7 Å². The van der Waals surface area contributed by atoms with Crippen molar-refractivity contribution in [3.05, 3.63) is 64.7 Å². The van der Waals surface area contributed by atoms with Crippen LogP contribution < -0.4 is 10.7 Å². The molecule has 2 aromatic carbocycles. The number of hydrogen-bond acceptors (Lipinski definition) is 3. The molecule has 0 aliphatic rings. The maximum atomic E-state index is 10.9. The van der Waals surface area contributed by atoms with Crippen molar-refractivity contribution < 1.29 is 9.90 Å². The zero-order valence-electron chi connectivity index (χ0n) is 12.8. The number of hydrogen-bond donors (Lipinski definition) is 3. The first-order valence-corrected chi connectivity index (χ1v) is 7.37. The number of nitrogens with zero attached hydrogens (tertiary/aromatic N) is 1. The van der Waals surface area contributed by atoms with E-state index in [0.29, 0.717) is 10.7 Å². The summed E-state index contributed by atoms with van der Waals surface area (Å²) in [6.45, 7) is 4.03. The summed E-state index contributed by atoms with van der Waals surface area (Å²) in [4.78, 5) is 10.9. The standard InChI is InChI=1S/C17H17N3O2S/c1-11-6-7-15(12(2)8-11)19-17(23)20-18-10-13-4-3-5-14(9-13)16(21)22/h3-10H,1-2H3,(H,21,22)(H2,19,20,23). The lowest BCUT2D eigenvalue weighted by molar-refractivity contribution is 0.0697. The number of thiocarbonyl (C=S) groups is 1. The van der Waals surface area contributed by atoms with Crippen LogP contribution in [-0.2, 0) is 0 Å². The predicted octanol–water partition coefficient (Wildman–Crippen LogP) is 3.32. The van der Waals surface area contributed by atoms with Crippen molar-refractivity contribution in [2.24, 2.45) is 5.10 Å². The van der Waals surface area contributed by atoms with Crippen LogP contribution in [0.4, 0.5) is 5.69 Å². The Hall–Kier alpha value is -2.73. The molecule has 0 aliphatic carbocycles. The summed E-state index contributed by atoms with van der Waals surface area (Å²) in [5.74, 6) is -0.972. The lowest BCUT2D eigenvalue weighted by Crippen LogP contribution is -2.24. The largest absolute Gasteiger partial charge is 0.478 e. The number of aromatic carboxylic acids is 1. The Morgan fingerprint density at radius 1 is 1.22 bits per heavy atom. The molecule has 0 fully saturated rings. The quantitative estimate of drug-likeness (QED) is 0.456. The molecule has 0 saturated heterocycles. The van der Waals surface area contributed by atoms with Crippen LogP contribution in [0.2, 0.25) is 0 Å². The first-order valence-electron chi connectivity index (χ1n) is 6.96. The second-order valence-corrected chi connectivity index (χ2v) is 5.48. The molecule has 0 bridgehead atoms. The maximum absolute atomic E-state index is 10.9. The van der Waals surface area contributed by atoms with E-state index in [-0.39, 0.29) is 5.56 Å². The average molecular weight is 327 g/mol. The molecule has 0 radical (unpaired) electrons. The number of nitrogens with one attached hydrogen (secondary N) is 2. The molecule has 6 heteroatoms. The highest BCUT2D eigenvalue weighted by molar-refractivity contribution is 7.80. The minimum absolute atomic E-state index is 0.213. The van der Waals surface area contributed by atoms with Gasteiger partial charge < -0.3 is 10.4 Å². The summed E-state index contributed by atoms with van der Waals surface area (Å²) in [6.07, 6.45) is 1.52. The second kappa shape index (κ2) is 7.51. The fourth-order valence-electron chi connectivity index (χ4n) is 2.02. The van der Waals surface area contributed by atoms with Crippen molar-refractivity contribution in [1.29, 1.82) is 0 Å². The minimum atomic E-state index is -0.972. The molecule has 0 aromatic heterocycles. The summed E-state index contributed by atoms with van der Waals surface area (Å²) in [5, 5.41) is 16.4. The molecular formula is C17H17N3O2S. The van der Waals surface area contributed by atoms with Gasteiger partial charge in [0.15, 0.2) is 5.11 Å². The Kier molecular flexibility index (Phi) is 5.43. The normalized spacial score (nSPS) is 10.5. The van der Waals surface area contributed by atoms with E-state index in [1.54, 1.807) is 12.1 Å². The fraction of sp³-hybridized carbons (Fsp3) is 0.118. The van der Waals surface area contributed by atoms with Gasteiger partial charge in [0.25, 0.3) is 0 Å². The molecule has 23 heavy (non-hydrogen) atoms. The van der Waals surface area contributed by atoms with E-state index in [1.807, 2.05) is 26.0 Å². The molecule has 0 atom stereocenters. The molecule has 0 saturated carbocycles. The molecule has 2 rings (SSSR count). The molecule has 3 N–H and O–H groups in total. The minimum Gasteiger partial charge on any atom is -0.478 e. The fourth-order valence-corrected chi connectivity index (χ4v) is 2.18. The number of anilines is 1. The van der Waals surface area contributed by atoms with Gasteiger partial charge in [-0.2, -0.15) is 5.10 Å². The van der Waals surface area contributed by atoms with E-state index in [4.69, 9.17) is 17.3 Å². The van der Waals surface area contributed by atoms with Gasteiger partial charge in [-0.05, 0) is 55.4 Å². The van der Waals surface area contributed by atoms with Crippen LogP contribution in [0.5, 0.6) is 0 Å². The lowest BCUT2D eigenvalue weighted by atomic mass is 10.1. The molecule has 0 unspecified atom stereocenters. The van der Waals surface area contributed by atoms with Gasteiger partial charge in [-0.3, -0.25) is 5.43 Å². The number of carbonyl (C=O) groups is 1. The Morgan fingerprint density at radius 2 is 2.00 bits per heavy atom. The highest BCUT2D eigenvalue weighted by Crippen LogP contribution is 2.15. The monoisotopic (exact) mass is 327 g/mol. The van der Waals surface area contributed by atoms with Gasteiger partial charge in [0.2, 0.25) is 0 Å². The van der Waals surface area contributed by atoms with Crippen molar-refractivity contribution in [1.82, 2.24) is 5.43 Å². The molecule has 0 spiro atoms. The van der Waals surface area contributed by atoms with Gasteiger partial charge in [0, 0.05) is 5.69 Å². The molecular weight excluding hydrogens is 310 g/mol. The number of aryl methyl sites for hydroxylation is 2. The van der Waals surface area contributed by atoms with Crippen LogP contribution in [-0.4, -0.2) is 22.4 Å². The van der Waals surface area contributed by atoms with Crippen molar-refractivity contribution in [3.8, 4) is 0 Å². The van der Waals surface area contributed by atoms with Gasteiger partial charge in [-0.1, -0.05) is 29.8 Å². The zero-order valence-corrected chi connectivity index (χ0v) is 13.6. The van der Waals surface area contributed by atoms with E-state index in [1.165, 1.54) is 23.9 Å². The summed E-state index contributed by atoms with van der Waals surface area (Å²) in [5.41, 5.74) is 6.79. The molecule has 0 aliphatic heterocycles. The van der Waals surface area contributed by atoms with E-state index in [2.05, 4.69) is 21.9 Å². The zero-order chi connectivity index (χ0) is 16.8. The first-order chi connectivity index (χ1) is 11.0. The van der Waals surface area contributed by atoms with E-state index in [9.17, 15) is 4.79 Å². The van der Waals surface area contributed by atoms with Crippen molar-refractivity contribution in [2.75, 3.05) is 5.32 Å². The van der Waals surface area contributed by atoms with E-state index in [0.717, 1.165) is 11.3 Å². The van der Waals surface area contributed by atoms with Crippen LogP contribution in [0.1, 0.15) is 27.0 Å². The lowest BCUT2D eigenvalue weighted by Gasteiger charge is -2.10. The first kappa shape index (κ1) is 16.6. The maximum Gasteiger partial charge on any atom is 0.335 e. The van der Waals surface area contributed by atoms with Gasteiger partial charge >= 0.3 is 5.97 Å². The van der Waals surface area contributed by atoms with E-state index >= 15 is 0 Å². The van der Waals surface area contributed by atoms with Crippen LogP contribution >= 0.6 is 12.2 Å². The molecule has 2 aromatic rings. The van der Waals surface area contributed by atoms with Crippen molar-refractivity contribution in [2.45, 2.75) is 13.8 Å². The summed E-state index contributed by atoms with van der Waals surface area (Å²) in [7, 11) is 0. The second-order valence-electron chi connectivity index (χ2n) is 5.07. The third kappa shape index (κ3) is 4.89. The number of carboxylic acids is 1. The van der Waals surface area contributed by atoms with Crippen LogP contribution in [0, 0.1) is 13.8 Å². The number of rotatable bonds is 4. The number of carboxylic acid groups (broad SMARTS) is 1. The highest BCUT2D eigenvalue weighted by atomic mass is 32.1. The predicted molar refractivity (Wildman–Crippen MR) is 96.3 cm³/mol. The summed E-state index contributed by atoms with van der Waals surface area (Å²) in [6, 6.07) is 12.5. The Labute approximate surface area is 140 Å². The SMILES string of the molecule is Cc1ccc(NC(=S)NN=Cc2cccc(C(=O)O)c2)c(C)c1. The summed E-state index contributed by atoms with van der Waals surface area (Å²) >= 11 is 5.18. The van der Waals surface area contributed by atoms with Crippen LogP contribution in [0.3, 0.4) is 0 Å². The smallest absolute Gasteiger partial charge is 0.335 e. The van der Waals surface area contributed by atoms with Gasteiger partial charge in [-0.15, -0.1) is 0 Å². The Bertz CT molecular complexity index is 772. The third-order valence-corrected chi connectivity index (χ3v) is 3.34. The number of benzene rings is 2. The van der Waals surface area contributed by atoms with Crippen LogP contribution in [0.15, 0.2) is 47.6 Å². The molecule has 5 nitrogen and oxygen atoms in total. The molecule has 0 amide bonds. The van der Waals surface area contributed by atoms with Gasteiger partial charge in [0.1, 0.15) is 0 Å². The van der Waals surface area contributed by atoms with Gasteiger partial charge in [0.05, 0.1) is 11.8 Å². The Balaban J connectivity index is 1.96. The highest BCUT2D eigenvalue weighted by Gasteiger charge is 2.02. The molecule has 0 heterocycles. The summed E-state index contributed by atoms with van der Waals surface area (Å²) < 4.78 is 0. The van der Waals surface area contributed by atoms with Crippen molar-refractivity contribution >= 4 is 35.2 Å². The molecule has 118 valence electrons. The average Bonchev–Trinajstić information content (AvgIpc) is 2.50.